The zero-order valence-corrected chi connectivity index (χ0v) is 14.4. The van der Waals surface area contributed by atoms with Crippen LogP contribution in [0.1, 0.15) is 5.56 Å². The summed E-state index contributed by atoms with van der Waals surface area (Å²) >= 11 is 3.29. The SMILES string of the molecule is COC(=O)C1=C(C(=O)OC)N(c2cc(Br)cc(C)c2F)COC1. The van der Waals surface area contributed by atoms with Crippen molar-refractivity contribution in [1.29, 1.82) is 0 Å². The summed E-state index contributed by atoms with van der Waals surface area (Å²) in [5.41, 5.74) is 0.354. The molecule has 1 aliphatic rings. The van der Waals surface area contributed by atoms with Gasteiger partial charge in [-0.15, -0.1) is 0 Å². The van der Waals surface area contributed by atoms with Gasteiger partial charge in [0.25, 0.3) is 0 Å². The fraction of sp³-hybridized carbons (Fsp3) is 0.333. The molecule has 124 valence electrons. The Morgan fingerprint density at radius 2 is 1.91 bits per heavy atom. The van der Waals surface area contributed by atoms with E-state index in [2.05, 4.69) is 20.7 Å². The highest BCUT2D eigenvalue weighted by atomic mass is 79.9. The maximum atomic E-state index is 14.5. The van der Waals surface area contributed by atoms with Gasteiger partial charge in [-0.1, -0.05) is 15.9 Å². The number of halogens is 2. The number of methoxy groups -OCH3 is 2. The smallest absolute Gasteiger partial charge is 0.355 e. The van der Waals surface area contributed by atoms with E-state index in [0.717, 1.165) is 0 Å². The van der Waals surface area contributed by atoms with Crippen molar-refractivity contribution < 1.29 is 28.2 Å². The van der Waals surface area contributed by atoms with Gasteiger partial charge in [0, 0.05) is 4.47 Å². The predicted octanol–water partition coefficient (Wildman–Crippen LogP) is 2.29. The first-order chi connectivity index (χ1) is 10.9. The number of esters is 2. The molecular formula is C15H15BrFNO5. The van der Waals surface area contributed by atoms with E-state index in [1.807, 2.05) is 0 Å². The van der Waals surface area contributed by atoms with E-state index in [-0.39, 0.29) is 30.3 Å². The van der Waals surface area contributed by atoms with Crippen LogP contribution in [-0.2, 0) is 23.8 Å². The summed E-state index contributed by atoms with van der Waals surface area (Å²) in [5, 5.41) is 0. The minimum Gasteiger partial charge on any atom is -0.466 e. The molecule has 0 radical (unpaired) electrons. The van der Waals surface area contributed by atoms with Crippen LogP contribution >= 0.6 is 15.9 Å². The van der Waals surface area contributed by atoms with Gasteiger partial charge in [-0.3, -0.25) is 0 Å². The zero-order valence-electron chi connectivity index (χ0n) is 12.8. The highest BCUT2D eigenvalue weighted by molar-refractivity contribution is 9.10. The number of rotatable bonds is 3. The van der Waals surface area contributed by atoms with Gasteiger partial charge in [0.15, 0.2) is 0 Å². The highest BCUT2D eigenvalue weighted by Crippen LogP contribution is 2.32. The Morgan fingerprint density at radius 3 is 2.52 bits per heavy atom. The number of anilines is 1. The molecule has 0 spiro atoms. The third kappa shape index (κ3) is 3.37. The van der Waals surface area contributed by atoms with E-state index in [1.54, 1.807) is 13.0 Å². The lowest BCUT2D eigenvalue weighted by atomic mass is 10.1. The maximum Gasteiger partial charge on any atom is 0.355 e. The van der Waals surface area contributed by atoms with Crippen molar-refractivity contribution in [3.8, 4) is 0 Å². The third-order valence-electron chi connectivity index (χ3n) is 3.32. The van der Waals surface area contributed by atoms with Crippen LogP contribution in [0.4, 0.5) is 10.1 Å². The molecule has 1 heterocycles. The van der Waals surface area contributed by atoms with Gasteiger partial charge in [-0.2, -0.15) is 0 Å². The number of aryl methyl sites for hydroxylation is 1. The number of hydrogen-bond donors (Lipinski definition) is 0. The minimum absolute atomic E-state index is 0.0253. The van der Waals surface area contributed by atoms with E-state index in [9.17, 15) is 14.0 Å². The molecule has 0 unspecified atom stereocenters. The lowest BCUT2D eigenvalue weighted by Crippen LogP contribution is -2.39. The summed E-state index contributed by atoms with van der Waals surface area (Å²) < 4.78 is 29.8. The van der Waals surface area contributed by atoms with Crippen molar-refractivity contribution in [2.24, 2.45) is 0 Å². The van der Waals surface area contributed by atoms with Crippen LogP contribution in [0.25, 0.3) is 0 Å². The summed E-state index contributed by atoms with van der Waals surface area (Å²) in [6, 6.07) is 3.10. The molecule has 0 fully saturated rings. The van der Waals surface area contributed by atoms with Crippen molar-refractivity contribution in [2.45, 2.75) is 6.92 Å². The lowest BCUT2D eigenvalue weighted by Gasteiger charge is -2.31. The number of benzene rings is 1. The first-order valence-corrected chi connectivity index (χ1v) is 7.40. The number of nitrogens with zero attached hydrogens (tertiary/aromatic N) is 1. The highest BCUT2D eigenvalue weighted by Gasteiger charge is 2.33. The fourth-order valence-electron chi connectivity index (χ4n) is 2.24. The molecule has 0 saturated carbocycles. The Labute approximate surface area is 140 Å². The predicted molar refractivity (Wildman–Crippen MR) is 83.2 cm³/mol. The molecule has 8 heteroatoms. The molecule has 2 rings (SSSR count). The summed E-state index contributed by atoms with van der Waals surface area (Å²) in [6.07, 6.45) is 0. The van der Waals surface area contributed by atoms with Crippen molar-refractivity contribution in [2.75, 3.05) is 32.5 Å². The monoisotopic (exact) mass is 387 g/mol. The Morgan fingerprint density at radius 1 is 1.26 bits per heavy atom. The molecule has 0 aromatic heterocycles. The molecule has 23 heavy (non-hydrogen) atoms. The largest absolute Gasteiger partial charge is 0.466 e. The summed E-state index contributed by atoms with van der Waals surface area (Å²) in [7, 11) is 2.37. The number of carbonyl (C=O) groups excluding carboxylic acids is 2. The van der Waals surface area contributed by atoms with E-state index in [4.69, 9.17) is 9.47 Å². The summed E-state index contributed by atoms with van der Waals surface area (Å²) in [5.74, 6) is -2.03. The van der Waals surface area contributed by atoms with Gasteiger partial charge in [-0.25, -0.2) is 14.0 Å². The number of hydrogen-bond acceptors (Lipinski definition) is 6. The van der Waals surface area contributed by atoms with Gasteiger partial charge < -0.3 is 19.1 Å². The normalized spacial score (nSPS) is 14.7. The molecule has 0 aliphatic carbocycles. The number of carbonyl (C=O) groups is 2. The quantitative estimate of drug-likeness (QED) is 0.741. The van der Waals surface area contributed by atoms with Crippen molar-refractivity contribution in [3.05, 3.63) is 39.3 Å². The standard InChI is InChI=1S/C15H15BrFNO5/c1-8-4-9(16)5-11(12(8)17)18-7-23-6-10(14(19)21-2)13(18)15(20)22-3/h4-5H,6-7H2,1-3H3. The van der Waals surface area contributed by atoms with E-state index >= 15 is 0 Å². The topological polar surface area (TPSA) is 65.1 Å². The van der Waals surface area contributed by atoms with E-state index in [1.165, 1.54) is 25.2 Å². The Hall–Kier alpha value is -1.93. The summed E-state index contributed by atoms with van der Waals surface area (Å²) in [6.45, 7) is 1.37. The van der Waals surface area contributed by atoms with Crippen molar-refractivity contribution in [1.82, 2.24) is 0 Å². The van der Waals surface area contributed by atoms with Gasteiger partial charge in [-0.05, 0) is 24.6 Å². The van der Waals surface area contributed by atoms with Gasteiger partial charge in [0.1, 0.15) is 18.2 Å². The van der Waals surface area contributed by atoms with Gasteiger partial charge >= 0.3 is 11.9 Å². The van der Waals surface area contributed by atoms with Crippen LogP contribution in [0.3, 0.4) is 0 Å². The van der Waals surface area contributed by atoms with Gasteiger partial charge in [0.05, 0.1) is 32.1 Å². The molecule has 0 atom stereocenters. The van der Waals surface area contributed by atoms with Crippen molar-refractivity contribution in [3.63, 3.8) is 0 Å². The molecule has 6 nitrogen and oxygen atoms in total. The first kappa shape index (κ1) is 17.4. The van der Waals surface area contributed by atoms with E-state index < -0.39 is 17.8 Å². The molecular weight excluding hydrogens is 373 g/mol. The third-order valence-corrected chi connectivity index (χ3v) is 3.78. The molecule has 0 N–H and O–H groups in total. The minimum atomic E-state index is -0.772. The van der Waals surface area contributed by atoms with E-state index in [0.29, 0.717) is 10.0 Å². The maximum absolute atomic E-state index is 14.5. The number of ether oxygens (including phenoxy) is 3. The Bertz CT molecular complexity index is 689. The lowest BCUT2D eigenvalue weighted by molar-refractivity contribution is -0.140. The molecule has 0 bridgehead atoms. The molecule has 0 saturated heterocycles. The Kier molecular flexibility index (Phi) is 5.38. The Balaban J connectivity index is 2.65. The van der Waals surface area contributed by atoms with Crippen LogP contribution in [0.15, 0.2) is 27.9 Å². The second-order valence-corrected chi connectivity index (χ2v) is 5.69. The average Bonchev–Trinajstić information content (AvgIpc) is 2.55. The van der Waals surface area contributed by atoms with Crippen LogP contribution in [0.5, 0.6) is 0 Å². The first-order valence-electron chi connectivity index (χ1n) is 6.61. The molecule has 1 aromatic carbocycles. The zero-order chi connectivity index (χ0) is 17.1. The average molecular weight is 388 g/mol. The van der Waals surface area contributed by atoms with Crippen molar-refractivity contribution >= 4 is 33.6 Å². The van der Waals surface area contributed by atoms with Crippen LogP contribution < -0.4 is 4.90 Å². The second kappa shape index (κ2) is 7.10. The van der Waals surface area contributed by atoms with Crippen LogP contribution in [-0.4, -0.2) is 39.5 Å². The molecule has 0 amide bonds. The molecule has 1 aromatic rings. The van der Waals surface area contributed by atoms with Crippen LogP contribution in [0, 0.1) is 12.7 Å². The molecule has 1 aliphatic heterocycles. The van der Waals surface area contributed by atoms with Gasteiger partial charge in [0.2, 0.25) is 0 Å². The fourth-order valence-corrected chi connectivity index (χ4v) is 2.80. The summed E-state index contributed by atoms with van der Waals surface area (Å²) in [4.78, 5) is 25.3. The second-order valence-electron chi connectivity index (χ2n) is 4.77. The van der Waals surface area contributed by atoms with Crippen LogP contribution in [0.2, 0.25) is 0 Å².